The highest BCUT2D eigenvalue weighted by Gasteiger charge is 2.29. The highest BCUT2D eigenvalue weighted by molar-refractivity contribution is 7.86. The fourth-order valence-electron chi connectivity index (χ4n) is 1.72. The Balaban J connectivity index is 2.55. The Morgan fingerprint density at radius 1 is 1.19 bits per heavy atom. The fraction of sp³-hybridized carbons (Fsp3) is 1.00. The summed E-state index contributed by atoms with van der Waals surface area (Å²) >= 11 is 0. The highest BCUT2D eigenvalue weighted by atomic mass is 32.2. The SMILES string of the molecule is CN(CCC(C)(C)C)S(=O)(=O)N1CCCC1. The maximum absolute atomic E-state index is 12.1. The Labute approximate surface area is 99.8 Å². The van der Waals surface area contributed by atoms with E-state index in [9.17, 15) is 8.42 Å². The van der Waals surface area contributed by atoms with E-state index in [1.54, 1.807) is 11.4 Å². The lowest BCUT2D eigenvalue weighted by molar-refractivity contribution is 0.318. The van der Waals surface area contributed by atoms with E-state index in [0.29, 0.717) is 19.6 Å². The molecule has 0 aliphatic carbocycles. The molecule has 0 unspecified atom stereocenters. The summed E-state index contributed by atoms with van der Waals surface area (Å²) in [4.78, 5) is 0. The standard InChI is InChI=1S/C11H24N2O2S/c1-11(2,3)7-10-12(4)16(14,15)13-8-5-6-9-13/h5-10H2,1-4H3. The highest BCUT2D eigenvalue weighted by Crippen LogP contribution is 2.21. The van der Waals surface area contributed by atoms with Crippen molar-refractivity contribution >= 4 is 10.2 Å². The second-order valence-electron chi connectivity index (χ2n) is 5.75. The van der Waals surface area contributed by atoms with E-state index in [4.69, 9.17) is 0 Å². The van der Waals surface area contributed by atoms with Crippen LogP contribution in [0, 0.1) is 5.41 Å². The first kappa shape index (κ1) is 13.9. The molecule has 1 saturated heterocycles. The van der Waals surface area contributed by atoms with Crippen molar-refractivity contribution in [2.45, 2.75) is 40.0 Å². The van der Waals surface area contributed by atoms with Gasteiger partial charge in [0.05, 0.1) is 0 Å². The second kappa shape index (κ2) is 5.02. The van der Waals surface area contributed by atoms with Gasteiger partial charge in [0.25, 0.3) is 10.2 Å². The summed E-state index contributed by atoms with van der Waals surface area (Å²) in [6.07, 6.45) is 2.87. The van der Waals surface area contributed by atoms with Crippen LogP contribution in [0.4, 0.5) is 0 Å². The first-order valence-corrected chi connectivity index (χ1v) is 7.34. The van der Waals surface area contributed by atoms with Gasteiger partial charge in [-0.1, -0.05) is 20.8 Å². The van der Waals surface area contributed by atoms with Gasteiger partial charge in [0.1, 0.15) is 0 Å². The summed E-state index contributed by atoms with van der Waals surface area (Å²) in [5, 5.41) is 0. The van der Waals surface area contributed by atoms with Crippen molar-refractivity contribution in [3.8, 4) is 0 Å². The first-order chi connectivity index (χ1) is 7.23. The molecular weight excluding hydrogens is 224 g/mol. The van der Waals surface area contributed by atoms with E-state index >= 15 is 0 Å². The lowest BCUT2D eigenvalue weighted by atomic mass is 9.92. The van der Waals surface area contributed by atoms with Crippen LogP contribution in [0.3, 0.4) is 0 Å². The molecule has 0 amide bonds. The van der Waals surface area contributed by atoms with Crippen molar-refractivity contribution in [1.82, 2.24) is 8.61 Å². The average molecular weight is 248 g/mol. The van der Waals surface area contributed by atoms with E-state index < -0.39 is 10.2 Å². The Morgan fingerprint density at radius 2 is 1.69 bits per heavy atom. The molecule has 0 bridgehead atoms. The van der Waals surface area contributed by atoms with Gasteiger partial charge in [-0.3, -0.25) is 0 Å². The first-order valence-electron chi connectivity index (χ1n) is 5.95. The smallest absolute Gasteiger partial charge is 0.195 e. The number of hydrogen-bond donors (Lipinski definition) is 0. The topological polar surface area (TPSA) is 40.6 Å². The Bertz CT molecular complexity index is 313. The third-order valence-corrected chi connectivity index (χ3v) is 4.95. The zero-order chi connectivity index (χ0) is 12.4. The molecule has 0 aromatic rings. The molecule has 5 heteroatoms. The van der Waals surface area contributed by atoms with E-state index in [1.165, 1.54) is 4.31 Å². The minimum Gasteiger partial charge on any atom is -0.195 e. The summed E-state index contributed by atoms with van der Waals surface area (Å²) in [5.41, 5.74) is 0.175. The van der Waals surface area contributed by atoms with E-state index in [-0.39, 0.29) is 5.41 Å². The Kier molecular flexibility index (Phi) is 4.37. The molecule has 1 heterocycles. The van der Waals surface area contributed by atoms with Gasteiger partial charge in [-0.15, -0.1) is 0 Å². The number of rotatable bonds is 4. The van der Waals surface area contributed by atoms with Crippen LogP contribution in [0.1, 0.15) is 40.0 Å². The predicted octanol–water partition coefficient (Wildman–Crippen LogP) is 1.69. The molecule has 0 radical (unpaired) electrons. The Hall–Kier alpha value is -0.130. The lowest BCUT2D eigenvalue weighted by Gasteiger charge is -2.26. The monoisotopic (exact) mass is 248 g/mol. The molecule has 4 nitrogen and oxygen atoms in total. The van der Waals surface area contributed by atoms with Crippen molar-refractivity contribution in [3.05, 3.63) is 0 Å². The summed E-state index contributed by atoms with van der Waals surface area (Å²) in [6.45, 7) is 8.35. The van der Waals surface area contributed by atoms with Crippen molar-refractivity contribution < 1.29 is 8.42 Å². The number of nitrogens with zero attached hydrogens (tertiary/aromatic N) is 2. The summed E-state index contributed by atoms with van der Waals surface area (Å²) in [6, 6.07) is 0. The van der Waals surface area contributed by atoms with Crippen LogP contribution in [0.2, 0.25) is 0 Å². The van der Waals surface area contributed by atoms with Crippen LogP contribution in [-0.4, -0.2) is 43.7 Å². The van der Waals surface area contributed by atoms with E-state index in [2.05, 4.69) is 20.8 Å². The molecule has 1 aliphatic rings. The summed E-state index contributed by atoms with van der Waals surface area (Å²) in [7, 11) is -1.51. The normalized spacial score (nSPS) is 19.6. The van der Waals surface area contributed by atoms with Gasteiger partial charge >= 0.3 is 0 Å². The van der Waals surface area contributed by atoms with Crippen molar-refractivity contribution in [2.24, 2.45) is 5.41 Å². The van der Waals surface area contributed by atoms with Crippen LogP contribution >= 0.6 is 0 Å². The van der Waals surface area contributed by atoms with Crippen molar-refractivity contribution in [1.29, 1.82) is 0 Å². The summed E-state index contributed by atoms with van der Waals surface area (Å²) in [5.74, 6) is 0. The lowest BCUT2D eigenvalue weighted by Crippen LogP contribution is -2.41. The molecule has 0 N–H and O–H groups in total. The fourth-order valence-corrected chi connectivity index (χ4v) is 3.16. The molecule has 0 aromatic carbocycles. The van der Waals surface area contributed by atoms with E-state index in [0.717, 1.165) is 19.3 Å². The van der Waals surface area contributed by atoms with Gasteiger partial charge in [-0.05, 0) is 24.7 Å². The molecule has 1 rings (SSSR count). The summed E-state index contributed by atoms with van der Waals surface area (Å²) < 4.78 is 27.3. The van der Waals surface area contributed by atoms with Gasteiger partial charge in [0.15, 0.2) is 0 Å². The van der Waals surface area contributed by atoms with Gasteiger partial charge in [-0.2, -0.15) is 17.0 Å². The van der Waals surface area contributed by atoms with Crippen LogP contribution < -0.4 is 0 Å². The third kappa shape index (κ3) is 3.71. The molecule has 0 saturated carbocycles. The van der Waals surface area contributed by atoms with Gasteiger partial charge < -0.3 is 0 Å². The minimum atomic E-state index is -3.19. The second-order valence-corrected chi connectivity index (χ2v) is 7.78. The minimum absolute atomic E-state index is 0.175. The zero-order valence-corrected chi connectivity index (χ0v) is 11.7. The molecular formula is C11H24N2O2S. The quantitative estimate of drug-likeness (QED) is 0.759. The molecule has 96 valence electrons. The maximum Gasteiger partial charge on any atom is 0.281 e. The number of hydrogen-bond acceptors (Lipinski definition) is 2. The average Bonchev–Trinajstić information content (AvgIpc) is 2.65. The third-order valence-electron chi connectivity index (χ3n) is 2.96. The van der Waals surface area contributed by atoms with Gasteiger partial charge in [0.2, 0.25) is 0 Å². The molecule has 16 heavy (non-hydrogen) atoms. The Morgan fingerprint density at radius 3 is 2.12 bits per heavy atom. The van der Waals surface area contributed by atoms with E-state index in [1.807, 2.05) is 0 Å². The molecule has 0 aromatic heterocycles. The zero-order valence-electron chi connectivity index (χ0n) is 10.9. The molecule has 0 atom stereocenters. The molecule has 1 fully saturated rings. The maximum atomic E-state index is 12.1. The van der Waals surface area contributed by atoms with Gasteiger partial charge in [-0.25, -0.2) is 0 Å². The predicted molar refractivity (Wildman–Crippen MR) is 66.4 cm³/mol. The van der Waals surface area contributed by atoms with Crippen LogP contribution in [0.15, 0.2) is 0 Å². The van der Waals surface area contributed by atoms with Crippen LogP contribution in [-0.2, 0) is 10.2 Å². The largest absolute Gasteiger partial charge is 0.281 e. The van der Waals surface area contributed by atoms with Crippen molar-refractivity contribution in [2.75, 3.05) is 26.7 Å². The van der Waals surface area contributed by atoms with Crippen LogP contribution in [0.25, 0.3) is 0 Å². The van der Waals surface area contributed by atoms with Crippen LogP contribution in [0.5, 0.6) is 0 Å². The van der Waals surface area contributed by atoms with Crippen molar-refractivity contribution in [3.63, 3.8) is 0 Å². The van der Waals surface area contributed by atoms with Gasteiger partial charge in [0, 0.05) is 26.7 Å². The molecule has 1 aliphatic heterocycles. The molecule has 0 spiro atoms.